The highest BCUT2D eigenvalue weighted by atomic mass is 32.1. The highest BCUT2D eigenvalue weighted by molar-refractivity contribution is 7.17. The van der Waals surface area contributed by atoms with Gasteiger partial charge < -0.3 is 0 Å². The molecular formula is C14H12OS. The maximum absolute atomic E-state index is 11.9. The smallest absolute Gasteiger partial charge is 0.175 e. The van der Waals surface area contributed by atoms with Crippen molar-refractivity contribution in [3.05, 3.63) is 47.3 Å². The van der Waals surface area contributed by atoms with E-state index in [9.17, 15) is 4.79 Å². The topological polar surface area (TPSA) is 17.1 Å². The van der Waals surface area contributed by atoms with Gasteiger partial charge in [-0.05, 0) is 30.5 Å². The summed E-state index contributed by atoms with van der Waals surface area (Å²) in [7, 11) is 0. The first-order valence-corrected chi connectivity index (χ1v) is 6.36. The summed E-state index contributed by atoms with van der Waals surface area (Å²) in [6, 6.07) is 14.2. The number of ketones is 1. The molecule has 2 heteroatoms. The molecule has 2 aromatic rings. The Balaban J connectivity index is 1.90. The standard InChI is InChI=1S/C14H12OS/c15-14(11-6-7-11)13-9-8-12(16-13)10-4-2-1-3-5-10/h1-5,8-9,11H,6-7H2. The van der Waals surface area contributed by atoms with E-state index < -0.39 is 0 Å². The Labute approximate surface area is 98.7 Å². The van der Waals surface area contributed by atoms with Crippen molar-refractivity contribution in [1.29, 1.82) is 0 Å². The zero-order chi connectivity index (χ0) is 11.0. The highest BCUT2D eigenvalue weighted by Gasteiger charge is 2.31. The van der Waals surface area contributed by atoms with Crippen molar-refractivity contribution < 1.29 is 4.79 Å². The van der Waals surface area contributed by atoms with Gasteiger partial charge in [0.25, 0.3) is 0 Å². The second-order valence-corrected chi connectivity index (χ2v) is 5.25. The van der Waals surface area contributed by atoms with Crippen molar-refractivity contribution in [3.63, 3.8) is 0 Å². The van der Waals surface area contributed by atoms with E-state index in [2.05, 4.69) is 18.2 Å². The number of hydrogen-bond donors (Lipinski definition) is 0. The normalized spacial score (nSPS) is 15.0. The van der Waals surface area contributed by atoms with E-state index in [-0.39, 0.29) is 0 Å². The molecule has 1 aliphatic rings. The zero-order valence-corrected chi connectivity index (χ0v) is 9.67. The Bertz CT molecular complexity index is 509. The van der Waals surface area contributed by atoms with E-state index in [1.807, 2.05) is 24.3 Å². The van der Waals surface area contributed by atoms with E-state index >= 15 is 0 Å². The van der Waals surface area contributed by atoms with Crippen LogP contribution in [0.5, 0.6) is 0 Å². The molecule has 0 spiro atoms. The quantitative estimate of drug-likeness (QED) is 0.725. The molecule has 0 saturated heterocycles. The van der Waals surface area contributed by atoms with Gasteiger partial charge in [-0.3, -0.25) is 4.79 Å². The summed E-state index contributed by atoms with van der Waals surface area (Å²) in [5, 5.41) is 0. The number of Topliss-reactive ketones (excluding diaryl/α,β-unsaturated/α-hetero) is 1. The molecule has 1 aliphatic carbocycles. The molecule has 1 nitrogen and oxygen atoms in total. The summed E-state index contributed by atoms with van der Waals surface area (Å²) in [5.41, 5.74) is 1.20. The third kappa shape index (κ3) is 1.81. The Morgan fingerprint density at radius 2 is 1.81 bits per heavy atom. The molecule has 3 rings (SSSR count). The number of thiophene rings is 1. The van der Waals surface area contributed by atoms with Gasteiger partial charge in [-0.25, -0.2) is 0 Å². The third-order valence-corrected chi connectivity index (χ3v) is 4.00. The Hall–Kier alpha value is -1.41. The Kier molecular flexibility index (Phi) is 2.37. The van der Waals surface area contributed by atoms with Gasteiger partial charge in [-0.2, -0.15) is 0 Å². The summed E-state index contributed by atoms with van der Waals surface area (Å²) < 4.78 is 0. The summed E-state index contributed by atoms with van der Waals surface area (Å²) in [5.74, 6) is 0.662. The first-order valence-electron chi connectivity index (χ1n) is 5.54. The molecule has 16 heavy (non-hydrogen) atoms. The van der Waals surface area contributed by atoms with Crippen molar-refractivity contribution in [3.8, 4) is 10.4 Å². The SMILES string of the molecule is O=C(c1ccc(-c2ccccc2)s1)C1CC1. The zero-order valence-electron chi connectivity index (χ0n) is 8.85. The van der Waals surface area contributed by atoms with Gasteiger partial charge in [0.05, 0.1) is 4.88 Å². The number of rotatable bonds is 3. The van der Waals surface area contributed by atoms with Gasteiger partial charge >= 0.3 is 0 Å². The number of hydrogen-bond acceptors (Lipinski definition) is 2. The van der Waals surface area contributed by atoms with Crippen molar-refractivity contribution in [2.75, 3.05) is 0 Å². The molecule has 0 radical (unpaired) electrons. The average Bonchev–Trinajstić information content (AvgIpc) is 3.07. The van der Waals surface area contributed by atoms with Crippen LogP contribution in [-0.4, -0.2) is 5.78 Å². The lowest BCUT2D eigenvalue weighted by atomic mass is 10.2. The summed E-state index contributed by atoms with van der Waals surface area (Å²) >= 11 is 1.61. The molecule has 0 atom stereocenters. The summed E-state index contributed by atoms with van der Waals surface area (Å²) in [6.45, 7) is 0. The Morgan fingerprint density at radius 1 is 1.06 bits per heavy atom. The van der Waals surface area contributed by atoms with Gasteiger partial charge in [-0.15, -0.1) is 11.3 Å². The van der Waals surface area contributed by atoms with Gasteiger partial charge in [-0.1, -0.05) is 30.3 Å². The van der Waals surface area contributed by atoms with Crippen LogP contribution < -0.4 is 0 Å². The molecule has 0 aliphatic heterocycles. The maximum atomic E-state index is 11.9. The predicted molar refractivity (Wildman–Crippen MR) is 66.8 cm³/mol. The molecular weight excluding hydrogens is 216 g/mol. The fraction of sp³-hybridized carbons (Fsp3) is 0.214. The Morgan fingerprint density at radius 3 is 2.50 bits per heavy atom. The molecule has 0 amide bonds. The minimum atomic E-state index is 0.322. The van der Waals surface area contributed by atoms with Crippen LogP contribution in [0, 0.1) is 5.92 Å². The van der Waals surface area contributed by atoms with Crippen LogP contribution in [0.3, 0.4) is 0 Å². The molecule has 0 bridgehead atoms. The van der Waals surface area contributed by atoms with Crippen molar-refractivity contribution >= 4 is 17.1 Å². The molecule has 1 heterocycles. The minimum Gasteiger partial charge on any atom is -0.293 e. The first kappa shape index (κ1) is 9.79. The second kappa shape index (κ2) is 3.87. The van der Waals surface area contributed by atoms with Crippen LogP contribution in [0.15, 0.2) is 42.5 Å². The fourth-order valence-corrected chi connectivity index (χ4v) is 2.80. The van der Waals surface area contributed by atoms with Crippen molar-refractivity contribution in [2.45, 2.75) is 12.8 Å². The van der Waals surface area contributed by atoms with Gasteiger partial charge in [0.15, 0.2) is 5.78 Å². The van der Waals surface area contributed by atoms with Crippen LogP contribution in [0.25, 0.3) is 10.4 Å². The van der Waals surface area contributed by atoms with Crippen LogP contribution in [0.1, 0.15) is 22.5 Å². The third-order valence-electron chi connectivity index (χ3n) is 2.86. The second-order valence-electron chi connectivity index (χ2n) is 4.17. The van der Waals surface area contributed by atoms with E-state index in [4.69, 9.17) is 0 Å². The molecule has 1 saturated carbocycles. The van der Waals surface area contributed by atoms with Gasteiger partial charge in [0, 0.05) is 10.8 Å². The molecule has 0 N–H and O–H groups in total. The predicted octanol–water partition coefficient (Wildman–Crippen LogP) is 4.01. The monoisotopic (exact) mass is 228 g/mol. The van der Waals surface area contributed by atoms with Crippen molar-refractivity contribution in [2.24, 2.45) is 5.92 Å². The molecule has 80 valence electrons. The van der Waals surface area contributed by atoms with Gasteiger partial charge in [0.1, 0.15) is 0 Å². The highest BCUT2D eigenvalue weighted by Crippen LogP contribution is 2.36. The lowest BCUT2D eigenvalue weighted by Crippen LogP contribution is -1.96. The summed E-state index contributed by atoms with van der Waals surface area (Å²) in [6.07, 6.45) is 2.16. The van der Waals surface area contributed by atoms with Crippen LogP contribution in [0.2, 0.25) is 0 Å². The van der Waals surface area contributed by atoms with Crippen LogP contribution in [0.4, 0.5) is 0 Å². The molecule has 1 fully saturated rings. The largest absolute Gasteiger partial charge is 0.293 e. The summed E-state index contributed by atoms with van der Waals surface area (Å²) in [4.78, 5) is 14.0. The molecule has 0 unspecified atom stereocenters. The van der Waals surface area contributed by atoms with E-state index in [1.165, 1.54) is 10.4 Å². The molecule has 1 aromatic heterocycles. The van der Waals surface area contributed by atoms with Gasteiger partial charge in [0.2, 0.25) is 0 Å². The van der Waals surface area contributed by atoms with E-state index in [0.29, 0.717) is 11.7 Å². The molecule has 1 aromatic carbocycles. The number of carbonyl (C=O) groups excluding carboxylic acids is 1. The lowest BCUT2D eigenvalue weighted by Gasteiger charge is -1.95. The van der Waals surface area contributed by atoms with E-state index in [1.54, 1.807) is 11.3 Å². The lowest BCUT2D eigenvalue weighted by molar-refractivity contribution is 0.0971. The minimum absolute atomic E-state index is 0.322. The maximum Gasteiger partial charge on any atom is 0.175 e. The van der Waals surface area contributed by atoms with Crippen LogP contribution >= 0.6 is 11.3 Å². The number of benzene rings is 1. The van der Waals surface area contributed by atoms with Crippen LogP contribution in [-0.2, 0) is 0 Å². The first-order chi connectivity index (χ1) is 7.84. The average molecular weight is 228 g/mol. The van der Waals surface area contributed by atoms with E-state index in [0.717, 1.165) is 17.7 Å². The van der Waals surface area contributed by atoms with Crippen molar-refractivity contribution in [1.82, 2.24) is 0 Å². The fourth-order valence-electron chi connectivity index (χ4n) is 1.77. The number of carbonyl (C=O) groups is 1.